The second-order valence-corrected chi connectivity index (χ2v) is 9.52. The average Bonchev–Trinajstić information content (AvgIpc) is 2.70. The molecule has 0 aliphatic heterocycles. The maximum absolute atomic E-state index is 11.0. The molecule has 0 aliphatic rings. The zero-order valence-electron chi connectivity index (χ0n) is 18.4. The molecule has 1 aromatic carbocycles. The van der Waals surface area contributed by atoms with Gasteiger partial charge in [0.2, 0.25) is 0 Å². The molecule has 0 atom stereocenters. The lowest BCUT2D eigenvalue weighted by atomic mass is 10.0. The molecule has 0 bridgehead atoms. The predicted octanol–water partition coefficient (Wildman–Crippen LogP) is 7.57. The lowest BCUT2D eigenvalue weighted by Crippen LogP contribution is -2.00. The monoisotopic (exact) mass is 426 g/mol. The Morgan fingerprint density at radius 3 is 1.41 bits per heavy atom. The Balaban J connectivity index is 1.83. The number of hydrogen-bond acceptors (Lipinski definition) is 3. The smallest absolute Gasteiger partial charge is 0.294 e. The molecule has 0 aromatic heterocycles. The Kier molecular flexibility index (Phi) is 15.0. The van der Waals surface area contributed by atoms with Crippen LogP contribution in [0.1, 0.15) is 110 Å². The van der Waals surface area contributed by atoms with Gasteiger partial charge in [0.05, 0.1) is 11.5 Å². The van der Waals surface area contributed by atoms with Gasteiger partial charge in [-0.1, -0.05) is 103 Å². The van der Waals surface area contributed by atoms with Crippen LogP contribution in [0.15, 0.2) is 29.2 Å². The molecule has 0 fully saturated rings. The summed E-state index contributed by atoms with van der Waals surface area (Å²) < 4.78 is 36.5. The van der Waals surface area contributed by atoms with E-state index in [1.54, 1.807) is 12.1 Å². The highest BCUT2D eigenvalue weighted by Gasteiger charge is 2.08. The summed E-state index contributed by atoms with van der Waals surface area (Å²) in [6, 6.07) is 5.88. The third-order valence-corrected chi connectivity index (χ3v) is 6.26. The van der Waals surface area contributed by atoms with E-state index in [0.29, 0.717) is 12.4 Å². The van der Waals surface area contributed by atoms with E-state index in [-0.39, 0.29) is 4.90 Å². The zero-order valence-corrected chi connectivity index (χ0v) is 19.2. The number of hydrogen-bond donors (Lipinski definition) is 1. The Hall–Kier alpha value is -1.07. The SMILES string of the molecule is CCCCCCCCCCCCCCCCCCOc1ccc(S(=O)(=O)O)cc1. The van der Waals surface area contributed by atoms with Crippen molar-refractivity contribution in [2.24, 2.45) is 0 Å². The van der Waals surface area contributed by atoms with Crippen molar-refractivity contribution in [2.75, 3.05) is 6.61 Å². The van der Waals surface area contributed by atoms with Crippen LogP contribution in [0, 0.1) is 0 Å². The minimum atomic E-state index is -4.13. The highest BCUT2D eigenvalue weighted by molar-refractivity contribution is 7.85. The summed E-state index contributed by atoms with van der Waals surface area (Å²) in [6.45, 7) is 2.91. The van der Waals surface area contributed by atoms with Crippen LogP contribution in [0.25, 0.3) is 0 Å². The topological polar surface area (TPSA) is 63.6 Å². The van der Waals surface area contributed by atoms with Gasteiger partial charge in [-0.2, -0.15) is 8.42 Å². The van der Waals surface area contributed by atoms with Gasteiger partial charge in [-0.3, -0.25) is 4.55 Å². The molecule has 1 rings (SSSR count). The molecular formula is C24H42O4S. The normalized spacial score (nSPS) is 11.7. The largest absolute Gasteiger partial charge is 0.494 e. The molecule has 0 heterocycles. The van der Waals surface area contributed by atoms with Crippen molar-refractivity contribution in [3.05, 3.63) is 24.3 Å². The van der Waals surface area contributed by atoms with Crippen LogP contribution in [0.2, 0.25) is 0 Å². The molecule has 0 aliphatic carbocycles. The van der Waals surface area contributed by atoms with Gasteiger partial charge in [0.1, 0.15) is 5.75 Å². The van der Waals surface area contributed by atoms with E-state index >= 15 is 0 Å². The first-order chi connectivity index (χ1) is 14.0. The van der Waals surface area contributed by atoms with Gasteiger partial charge in [-0.05, 0) is 30.7 Å². The standard InChI is InChI=1S/C24H42O4S/c1-2-3-4-5-6-7-8-9-10-11-12-13-14-15-16-17-22-28-23-18-20-24(21-19-23)29(25,26)27/h18-21H,2-17,22H2,1H3,(H,25,26,27). The molecule has 0 saturated heterocycles. The van der Waals surface area contributed by atoms with Crippen molar-refractivity contribution in [3.8, 4) is 5.75 Å². The van der Waals surface area contributed by atoms with Gasteiger partial charge >= 0.3 is 0 Å². The van der Waals surface area contributed by atoms with E-state index in [1.165, 1.54) is 108 Å². The first-order valence-corrected chi connectivity index (χ1v) is 13.2. The highest BCUT2D eigenvalue weighted by Crippen LogP contribution is 2.17. The number of unbranched alkanes of at least 4 members (excludes halogenated alkanes) is 15. The second kappa shape index (κ2) is 16.7. The highest BCUT2D eigenvalue weighted by atomic mass is 32.2. The van der Waals surface area contributed by atoms with Gasteiger partial charge < -0.3 is 4.74 Å². The van der Waals surface area contributed by atoms with Crippen LogP contribution >= 0.6 is 0 Å². The molecule has 168 valence electrons. The molecule has 0 radical (unpaired) electrons. The minimum Gasteiger partial charge on any atom is -0.494 e. The molecule has 0 amide bonds. The van der Waals surface area contributed by atoms with E-state index in [9.17, 15) is 8.42 Å². The summed E-state index contributed by atoms with van der Waals surface area (Å²) in [4.78, 5) is -0.104. The molecule has 1 aromatic rings. The van der Waals surface area contributed by atoms with Gasteiger partial charge in [0, 0.05) is 0 Å². The van der Waals surface area contributed by atoms with Gasteiger partial charge in [0.25, 0.3) is 10.1 Å². The van der Waals surface area contributed by atoms with Crippen molar-refractivity contribution in [3.63, 3.8) is 0 Å². The van der Waals surface area contributed by atoms with Crippen molar-refractivity contribution < 1.29 is 17.7 Å². The maximum atomic E-state index is 11.0. The Morgan fingerprint density at radius 2 is 1.03 bits per heavy atom. The summed E-state index contributed by atoms with van der Waals surface area (Å²) in [6.07, 6.45) is 21.5. The number of rotatable bonds is 19. The second-order valence-electron chi connectivity index (χ2n) is 8.10. The van der Waals surface area contributed by atoms with E-state index in [2.05, 4.69) is 6.92 Å². The summed E-state index contributed by atoms with van der Waals surface area (Å²) in [5.74, 6) is 0.637. The van der Waals surface area contributed by atoms with E-state index < -0.39 is 10.1 Å². The Bertz CT molecular complexity index is 596. The van der Waals surface area contributed by atoms with Crippen LogP contribution in [-0.4, -0.2) is 19.6 Å². The van der Waals surface area contributed by atoms with Gasteiger partial charge in [-0.25, -0.2) is 0 Å². The summed E-state index contributed by atoms with van der Waals surface area (Å²) in [5, 5.41) is 0. The van der Waals surface area contributed by atoms with E-state index in [1.807, 2.05) is 0 Å². The average molecular weight is 427 g/mol. The Labute approximate surface area is 179 Å². The van der Waals surface area contributed by atoms with Crippen LogP contribution < -0.4 is 4.74 Å². The number of benzene rings is 1. The van der Waals surface area contributed by atoms with Crippen molar-refractivity contribution in [1.82, 2.24) is 0 Å². The lowest BCUT2D eigenvalue weighted by molar-refractivity contribution is 0.304. The van der Waals surface area contributed by atoms with Crippen molar-refractivity contribution in [1.29, 1.82) is 0 Å². The molecule has 0 unspecified atom stereocenters. The Morgan fingerprint density at radius 1 is 0.655 bits per heavy atom. The first kappa shape index (κ1) is 26.0. The van der Waals surface area contributed by atoms with Crippen molar-refractivity contribution in [2.45, 2.75) is 115 Å². The quantitative estimate of drug-likeness (QED) is 0.183. The fraction of sp³-hybridized carbons (Fsp3) is 0.750. The molecular weight excluding hydrogens is 384 g/mol. The molecule has 1 N–H and O–H groups in total. The summed E-state index contributed by atoms with van der Waals surface area (Å²) >= 11 is 0. The third kappa shape index (κ3) is 14.5. The molecule has 0 saturated carbocycles. The fourth-order valence-electron chi connectivity index (χ4n) is 3.55. The third-order valence-electron chi connectivity index (χ3n) is 5.39. The van der Waals surface area contributed by atoms with Gasteiger partial charge in [0.15, 0.2) is 0 Å². The molecule has 4 nitrogen and oxygen atoms in total. The molecule has 0 spiro atoms. The maximum Gasteiger partial charge on any atom is 0.294 e. The minimum absolute atomic E-state index is 0.104. The van der Waals surface area contributed by atoms with Gasteiger partial charge in [-0.15, -0.1) is 0 Å². The predicted molar refractivity (Wildman–Crippen MR) is 121 cm³/mol. The summed E-state index contributed by atoms with van der Waals surface area (Å²) in [7, 11) is -4.13. The first-order valence-electron chi connectivity index (χ1n) is 11.7. The van der Waals surface area contributed by atoms with Crippen LogP contribution in [0.4, 0.5) is 0 Å². The van der Waals surface area contributed by atoms with Crippen molar-refractivity contribution >= 4 is 10.1 Å². The van der Waals surface area contributed by atoms with E-state index in [4.69, 9.17) is 9.29 Å². The van der Waals surface area contributed by atoms with E-state index in [0.717, 1.165) is 6.42 Å². The molecule has 5 heteroatoms. The lowest BCUT2D eigenvalue weighted by Gasteiger charge is -2.07. The summed E-state index contributed by atoms with van der Waals surface area (Å²) in [5.41, 5.74) is 0. The fourth-order valence-corrected chi connectivity index (χ4v) is 4.03. The van der Waals surface area contributed by atoms with Crippen LogP contribution in [0.5, 0.6) is 5.75 Å². The zero-order chi connectivity index (χ0) is 21.2. The van der Waals surface area contributed by atoms with Crippen LogP contribution in [-0.2, 0) is 10.1 Å². The van der Waals surface area contributed by atoms with Crippen LogP contribution in [0.3, 0.4) is 0 Å². The number of ether oxygens (including phenoxy) is 1. The molecule has 29 heavy (non-hydrogen) atoms.